The van der Waals surface area contributed by atoms with E-state index >= 15 is 0 Å². The molecule has 0 amide bonds. The van der Waals surface area contributed by atoms with Crippen LogP contribution in [0.25, 0.3) is 0 Å². The Morgan fingerprint density at radius 3 is 0.714 bits per heavy atom. The third kappa shape index (κ3) is 49000. The summed E-state index contributed by atoms with van der Waals surface area (Å²) in [6.07, 6.45) is 0. The van der Waals surface area contributed by atoms with Crippen LogP contribution in [0.4, 0.5) is 18.8 Å². The van der Waals surface area contributed by atoms with Crippen LogP contribution < -0.4 is 0 Å². The van der Waals surface area contributed by atoms with Crippen molar-refractivity contribution in [2.24, 2.45) is 0 Å². The van der Waals surface area contributed by atoms with Crippen LogP contribution in [-0.2, 0) is 24.4 Å². The second-order valence-electron chi connectivity index (χ2n) is 0.0589. The molecule has 0 atom stereocenters. The molecule has 0 radical (unpaired) electrons. The first kappa shape index (κ1) is 64.5. The van der Waals surface area contributed by atoms with Crippen LogP contribution in [0.5, 0.6) is 0 Å². The van der Waals surface area contributed by atoms with Crippen LogP contribution in [0.1, 0.15) is 0 Å². The van der Waals surface area contributed by atoms with Gasteiger partial charge in [0.25, 0.3) is 0 Å². The molecule has 0 saturated heterocycles. The Morgan fingerprint density at radius 1 is 0.714 bits per heavy atom. The normalized spacial score (nSPS) is 2.29. The van der Waals surface area contributed by atoms with Gasteiger partial charge in [0.1, 0.15) is 0 Å². The fourth-order valence-electron chi connectivity index (χ4n) is 0. The molecule has 0 unspecified atom stereocenters. The van der Waals surface area contributed by atoms with Gasteiger partial charge < -0.3 is 0 Å². The summed E-state index contributed by atoms with van der Waals surface area (Å²) < 4.78 is 17.0. The van der Waals surface area contributed by atoms with Gasteiger partial charge in [0, 0.05) is 0 Å². The maximum atomic E-state index is 8.51. The summed E-state index contributed by atoms with van der Waals surface area (Å²) in [6, 6.07) is 0. The van der Waals surface area contributed by atoms with Crippen LogP contribution in [-0.4, -0.2) is 0 Å². The summed E-state index contributed by atoms with van der Waals surface area (Å²) in [5, 5.41) is 0. The molecule has 0 rings (SSSR count). The van der Waals surface area contributed by atoms with E-state index < -0.39 is 17.3 Å². The van der Waals surface area contributed by atoms with E-state index in [2.05, 4.69) is 0 Å². The fraction of sp³-hybridized carbons (Fsp3) is 0. The van der Waals surface area contributed by atoms with E-state index in [1.54, 1.807) is 0 Å². The van der Waals surface area contributed by atoms with Crippen LogP contribution in [0.3, 0.4) is 0 Å². The second-order valence-corrected chi connectivity index (χ2v) is 0.482. The molecule has 0 spiro atoms. The summed E-state index contributed by atoms with van der Waals surface area (Å²) in [4.78, 5) is 0. The molecule has 0 N–H and O–H groups in total. The predicted octanol–water partition coefficient (Wildman–Crippen LogP) is 0.370. The Bertz CT molecular complexity index is 30.7. The summed E-state index contributed by atoms with van der Waals surface area (Å²) in [5.74, 6) is 0. The molecule has 7 heteroatoms. The molecule has 0 aromatic carbocycles. The standard InChI is InChI=1S/4FH.2O.Os/h4*1H;;;. The van der Waals surface area contributed by atoms with Gasteiger partial charge >= 0.3 is 24.4 Å². The van der Waals surface area contributed by atoms with Crippen molar-refractivity contribution >= 4 is 0 Å². The molecule has 0 aromatic rings. The number of hydrogen-bond donors (Lipinski definition) is 0. The van der Waals surface area contributed by atoms with Crippen molar-refractivity contribution in [3.8, 4) is 0 Å². The summed E-state index contributed by atoms with van der Waals surface area (Å²) >= 11 is -2.08. The van der Waals surface area contributed by atoms with E-state index in [1.807, 2.05) is 0 Å². The maximum absolute atomic E-state index is 8.51. The Hall–Kier alpha value is -0.0436. The van der Waals surface area contributed by atoms with Gasteiger partial charge in [0.05, 0.1) is 0 Å². The van der Waals surface area contributed by atoms with Gasteiger partial charge in [-0.05, 0) is 0 Å². The molecular formula is H4F4O2Os. The van der Waals surface area contributed by atoms with E-state index in [9.17, 15) is 0 Å². The van der Waals surface area contributed by atoms with Gasteiger partial charge in [-0.2, -0.15) is 0 Å². The third-order valence-corrected chi connectivity index (χ3v) is 0. The zero-order valence-electron chi connectivity index (χ0n) is 2.80. The first-order valence-corrected chi connectivity index (χ1v) is 2.36. The van der Waals surface area contributed by atoms with E-state index in [0.717, 1.165) is 0 Å². The van der Waals surface area contributed by atoms with Crippen molar-refractivity contribution in [2.45, 2.75) is 0 Å². The third-order valence-electron chi connectivity index (χ3n) is 0. The van der Waals surface area contributed by atoms with Crippen molar-refractivity contribution in [2.75, 3.05) is 0 Å². The molecule has 0 bridgehead atoms. The minimum absolute atomic E-state index is 0. The van der Waals surface area contributed by atoms with Crippen molar-refractivity contribution in [1.82, 2.24) is 0 Å². The summed E-state index contributed by atoms with van der Waals surface area (Å²) in [7, 11) is 0. The number of hydrogen-bond acceptors (Lipinski definition) is 2. The summed E-state index contributed by atoms with van der Waals surface area (Å²) in [5.41, 5.74) is 0. The predicted molar refractivity (Wildman–Crippen MR) is 11.4 cm³/mol. The molecule has 0 aliphatic rings. The van der Waals surface area contributed by atoms with Gasteiger partial charge in [-0.15, -0.1) is 0 Å². The molecule has 2 nitrogen and oxygen atoms in total. The van der Waals surface area contributed by atoms with E-state index in [0.29, 0.717) is 0 Å². The molecule has 0 aliphatic carbocycles. The van der Waals surface area contributed by atoms with Crippen LogP contribution in [0.15, 0.2) is 0 Å². The molecule has 0 fully saturated rings. The van der Waals surface area contributed by atoms with Gasteiger partial charge in [-0.1, -0.05) is 0 Å². The van der Waals surface area contributed by atoms with Gasteiger partial charge in [0.2, 0.25) is 0 Å². The molecule has 7 heavy (non-hydrogen) atoms. The zero-order chi connectivity index (χ0) is 2.71. The van der Waals surface area contributed by atoms with Crippen molar-refractivity contribution in [3.63, 3.8) is 0 Å². The molecule has 52 valence electrons. The average Bonchev–Trinajstić information content (AvgIpc) is 0.918. The van der Waals surface area contributed by atoms with Crippen molar-refractivity contribution < 1.29 is 43.2 Å². The van der Waals surface area contributed by atoms with E-state index in [4.69, 9.17) is 7.08 Å². The Morgan fingerprint density at radius 2 is 0.714 bits per heavy atom. The van der Waals surface area contributed by atoms with Crippen molar-refractivity contribution in [3.05, 3.63) is 0 Å². The fourth-order valence-corrected chi connectivity index (χ4v) is 0. The van der Waals surface area contributed by atoms with Crippen molar-refractivity contribution in [1.29, 1.82) is 0 Å². The van der Waals surface area contributed by atoms with Gasteiger partial charge in [-0.3, -0.25) is 18.8 Å². The molecule has 0 aromatic heterocycles. The molecular weight excluding hydrogens is 298 g/mol. The Balaban J connectivity index is -0.00000000333. The topological polar surface area (TPSA) is 34.1 Å². The van der Waals surface area contributed by atoms with Crippen LogP contribution in [0.2, 0.25) is 0 Å². The number of rotatable bonds is 0. The van der Waals surface area contributed by atoms with Gasteiger partial charge in [-0.25, -0.2) is 0 Å². The Kier molecular flexibility index (Phi) is 1470. The zero-order valence-corrected chi connectivity index (χ0v) is 5.34. The van der Waals surface area contributed by atoms with Crippen LogP contribution in [0, 0.1) is 0 Å². The first-order chi connectivity index (χ1) is 1.41. The average molecular weight is 302 g/mol. The summed E-state index contributed by atoms with van der Waals surface area (Å²) in [6.45, 7) is 0. The van der Waals surface area contributed by atoms with E-state index in [-0.39, 0.29) is 18.8 Å². The minimum atomic E-state index is -2.08. The SMILES string of the molecule is F.F.F.F.[O]=[Os]=[O]. The second kappa shape index (κ2) is 160. The molecule has 0 saturated carbocycles. The van der Waals surface area contributed by atoms with Gasteiger partial charge in [0.15, 0.2) is 0 Å². The van der Waals surface area contributed by atoms with E-state index in [1.165, 1.54) is 0 Å². The first-order valence-electron chi connectivity index (χ1n) is 0.289. The Labute approximate surface area is 44.1 Å². The monoisotopic (exact) mass is 304 g/mol. The number of halogens is 4. The molecule has 0 aliphatic heterocycles. The van der Waals surface area contributed by atoms with Crippen LogP contribution >= 0.6 is 0 Å². The quantitative estimate of drug-likeness (QED) is 0.606. The molecule has 0 heterocycles.